The molecule has 1 amide bonds. The van der Waals surface area contributed by atoms with E-state index in [1.165, 1.54) is 136 Å². The Morgan fingerprint density at radius 1 is 0.418 bits per heavy atom. The standard InChI is InChI=1S/C13H16.C10H14O.C10H14.C8H18N2.C8H16.C8H18.C7H12N2.2C7H14O.2C7H16.C6H12O.C6H14S.C6H14.C5H11NO.C5H12O.2C5H12.C4H10/c1-10(2)9-12-8-7-11-5-3-4-6-13(11)12;1-8(2)7-9-3-5-10(11)6-4-9;1-9(2)8-10-6-4-3-5-7-10;1-7(2)5-4-6-10-8(3)9;1-7(2)8-5-3-4-6-8;1-4-5-6-7-8(2)3;1-6(2)3-7-4-8-5-9-7;2*1-6(2)4-5-7(3)8;1-6(2)5-7(3)4;1-5-7(4)6(2)3;1-5(2)4-6(3)7;1-6(2)4-5-7-3;1-5(2)6(3)4;1-4(2)3-5(6)7;1-4(2)5(3)6;2*1-4-5(2)3;1-4(2)3/h3-6,8,10H,7,9H2,1-2H3;3-6,8,11H,7H2,1-2H3;3-7,9H,8H2,1-2H3;7H,4-6H2,1-3H3,(H2,9,10);7-8H,3-6H2,1-2H3;8H,4-7H2,1-3H3;4-6H,3H2,1-2H3,(H,8,9);2*6H,4-5H2,1-3H3;2*6-7H,5H2,1-4H3;5H,4H2,1-3H3;6H,4-5H2,1-3H3;5-6H,1-4H3;4H,3H2,1-2H3,(H2,6,7);4-6H,1-3H3;2*5H,4H2,1-3H3;4H,1-3H3. The zero-order valence-electron chi connectivity index (χ0n) is 108. The molecule has 3 aromatic carbocycles. The number of carbonyl (C=O) groups excluding carboxylic acids is 4. The van der Waals surface area contributed by atoms with Crippen LogP contribution in [-0.4, -0.2) is 73.9 Å². The van der Waals surface area contributed by atoms with Gasteiger partial charge in [0.1, 0.15) is 23.1 Å². The number of ketones is 3. The number of aromatic amines is 1. The first-order chi connectivity index (χ1) is 67.4. The van der Waals surface area contributed by atoms with Crippen LogP contribution in [0.5, 0.6) is 5.75 Å². The van der Waals surface area contributed by atoms with Crippen LogP contribution >= 0.6 is 11.8 Å². The molecule has 1 aromatic heterocycles. The Morgan fingerprint density at radius 2 is 0.795 bits per heavy atom. The van der Waals surface area contributed by atoms with Crippen LogP contribution in [0.4, 0.5) is 0 Å². The maximum Gasteiger partial charge on any atom is 0.217 e. The van der Waals surface area contributed by atoms with Crippen molar-refractivity contribution in [2.75, 3.05) is 18.6 Å². The van der Waals surface area contributed by atoms with E-state index in [0.717, 1.165) is 159 Å². The summed E-state index contributed by atoms with van der Waals surface area (Å²) in [5.74, 6) is 21.0. The molecule has 2 aliphatic rings. The SMILES string of the molecule is CC(=O)CC(C)C.CC(=O)CCC(C)C.CC(=O)CCC(C)C.CC(C)C.CC(C)C(C)C.CC(C)C(C)O.CC(C)C1CCCC1.CC(C)CC(C)C.CC(C)CC(N)=O.CC(C)CC1=CCc2ccccc21.CC(C)Cc1ccc(O)cc1.CC(C)Cc1ccccc1.CC(C)Cc1cnc[nH]1.CC(N)=NCCCC(C)C.CCC(C)C.CCC(C)C.CCC(C)C(C)C.CCCCCC(C)C.CSCCC(C)C. The summed E-state index contributed by atoms with van der Waals surface area (Å²) < 4.78 is 0. The largest absolute Gasteiger partial charge is 0.508 e. The van der Waals surface area contributed by atoms with E-state index in [9.17, 15) is 19.2 Å². The molecular weight excluding hydrogens is 1810 g/mol. The minimum atomic E-state index is -0.213. The average molecular weight is 2070 g/mol. The molecule has 0 radical (unpaired) electrons. The number of nitrogens with one attached hydrogen (secondary N) is 1. The monoisotopic (exact) mass is 2070 g/mol. The number of phenolic OH excluding ortho intramolecular Hbond substituents is 1. The van der Waals surface area contributed by atoms with Gasteiger partial charge in [0.2, 0.25) is 5.91 Å². The fourth-order valence-electron chi connectivity index (χ4n) is 11.9. The molecule has 146 heavy (non-hydrogen) atoms. The van der Waals surface area contributed by atoms with Gasteiger partial charge >= 0.3 is 0 Å². The second-order valence-corrected chi connectivity index (χ2v) is 50.7. The number of amidine groups is 1. The highest BCUT2D eigenvalue weighted by Gasteiger charge is 2.18. The molecule has 0 saturated heterocycles. The van der Waals surface area contributed by atoms with E-state index < -0.39 is 0 Å². The highest BCUT2D eigenvalue weighted by Crippen LogP contribution is 2.32. The van der Waals surface area contributed by atoms with Gasteiger partial charge in [-0.25, -0.2) is 4.98 Å². The Morgan fingerprint density at radius 3 is 1.03 bits per heavy atom. The first-order valence-corrected chi connectivity index (χ1v) is 60.5. The summed E-state index contributed by atoms with van der Waals surface area (Å²) in [5.41, 5.74) is 18.7. The lowest BCUT2D eigenvalue weighted by molar-refractivity contribution is -0.119. The minimum absolute atomic E-state index is 0.148. The summed E-state index contributed by atoms with van der Waals surface area (Å²) >= 11 is 1.93. The van der Waals surface area contributed by atoms with Crippen molar-refractivity contribution >= 4 is 46.4 Å². The number of fused-ring (bicyclic) bond motifs is 1. The zero-order valence-corrected chi connectivity index (χ0v) is 109. The Balaban J connectivity index is -0.000000117. The number of unbranched alkanes of at least 4 members (excludes halogenated alkanes) is 2. The molecule has 6 rings (SSSR count). The first kappa shape index (κ1) is 168. The second-order valence-electron chi connectivity index (χ2n) is 49.7. The number of benzene rings is 3. The fraction of sp³-hybridized carbons (Fsp3) is 0.791. The smallest absolute Gasteiger partial charge is 0.217 e. The summed E-state index contributed by atoms with van der Waals surface area (Å²) in [6.07, 6.45) is 39.1. The zero-order chi connectivity index (χ0) is 117. The van der Waals surface area contributed by atoms with Crippen LogP contribution in [0.2, 0.25) is 0 Å². The van der Waals surface area contributed by atoms with Crippen molar-refractivity contribution in [2.24, 2.45) is 153 Å². The molecule has 0 spiro atoms. The van der Waals surface area contributed by atoms with E-state index in [0.29, 0.717) is 71.0 Å². The molecule has 0 aliphatic heterocycles. The quantitative estimate of drug-likeness (QED) is 0.0164. The van der Waals surface area contributed by atoms with Crippen molar-refractivity contribution in [3.05, 3.63) is 125 Å². The number of aromatic hydroxyl groups is 1. The van der Waals surface area contributed by atoms with Crippen LogP contribution in [0.3, 0.4) is 0 Å². The normalized spacial score (nSPS) is 11.9. The maximum atomic E-state index is 10.3. The Labute approximate surface area is 922 Å². The van der Waals surface area contributed by atoms with Gasteiger partial charge in [0.25, 0.3) is 0 Å². The van der Waals surface area contributed by atoms with E-state index in [4.69, 9.17) is 21.7 Å². The van der Waals surface area contributed by atoms with Gasteiger partial charge in [0.15, 0.2) is 0 Å². The first-order valence-electron chi connectivity index (χ1n) is 59.1. The molecule has 2 unspecified atom stereocenters. The lowest BCUT2D eigenvalue weighted by Gasteiger charge is -2.11. The van der Waals surface area contributed by atoms with E-state index in [-0.39, 0.29) is 17.8 Å². The summed E-state index contributed by atoms with van der Waals surface area (Å²) in [6, 6.07) is 26.8. The molecule has 12 heteroatoms. The highest BCUT2D eigenvalue weighted by molar-refractivity contribution is 7.98. The van der Waals surface area contributed by atoms with Gasteiger partial charge in [-0.2, -0.15) is 11.8 Å². The van der Waals surface area contributed by atoms with Crippen molar-refractivity contribution in [3.8, 4) is 5.75 Å². The number of aromatic nitrogens is 2. The highest BCUT2D eigenvalue weighted by atomic mass is 32.2. The molecule has 2 aliphatic carbocycles. The number of phenols is 1. The molecule has 1 saturated carbocycles. The number of amides is 1. The van der Waals surface area contributed by atoms with Gasteiger partial charge in [-0.3, -0.25) is 9.79 Å². The Hall–Kier alpha value is -5.33. The van der Waals surface area contributed by atoms with Crippen LogP contribution in [0.25, 0.3) is 5.57 Å². The second kappa shape index (κ2) is 118. The molecule has 2 atom stereocenters. The van der Waals surface area contributed by atoms with Gasteiger partial charge in [0, 0.05) is 44.1 Å². The predicted octanol–water partition coefficient (Wildman–Crippen LogP) is 41.6. The predicted molar refractivity (Wildman–Crippen MR) is 670 cm³/mol. The number of Topliss-reactive ketones (excluding diaryl/α,β-unsaturated/α-hetero) is 3. The maximum absolute atomic E-state index is 10.3. The summed E-state index contributed by atoms with van der Waals surface area (Å²) in [7, 11) is 0. The van der Waals surface area contributed by atoms with Gasteiger partial charge in [-0.15, -0.1) is 0 Å². The molecule has 11 nitrogen and oxygen atoms in total. The lowest BCUT2D eigenvalue weighted by atomic mass is 9.95. The van der Waals surface area contributed by atoms with Gasteiger partial charge in [-0.1, -0.05) is 476 Å². The third-order valence-electron chi connectivity index (χ3n) is 22.8. The number of aliphatic hydroxyl groups excluding tert-OH is 1. The number of thioether (sulfide) groups is 1. The van der Waals surface area contributed by atoms with Gasteiger partial charge in [-0.05, 0) is 293 Å². The molecule has 1 heterocycles. The summed E-state index contributed by atoms with van der Waals surface area (Å²) in [6.45, 7) is 115. The average Bonchev–Trinajstić information content (AvgIpc) is 1.69. The van der Waals surface area contributed by atoms with E-state index >= 15 is 0 Å². The number of aliphatic imine (C=N–C) groups is 1. The van der Waals surface area contributed by atoms with Crippen LogP contribution in [-0.2, 0) is 44.9 Å². The third-order valence-corrected chi connectivity index (χ3v) is 23.5. The minimum Gasteiger partial charge on any atom is -0.508 e. The number of rotatable bonds is 38. The number of primary amides is 1. The molecular formula is C134H265N5O6S. The van der Waals surface area contributed by atoms with Crippen LogP contribution in [0.15, 0.2) is 102 Å². The number of nitrogens with zero attached hydrogens (tertiary/aromatic N) is 2. The lowest BCUT2D eigenvalue weighted by Crippen LogP contribution is -2.12. The van der Waals surface area contributed by atoms with Crippen molar-refractivity contribution in [1.29, 1.82) is 0 Å². The van der Waals surface area contributed by atoms with Crippen molar-refractivity contribution < 1.29 is 29.4 Å². The number of imidazole rings is 1. The van der Waals surface area contributed by atoms with E-state index in [2.05, 4.69) is 373 Å². The number of aliphatic hydroxyl groups is 1. The van der Waals surface area contributed by atoms with Crippen molar-refractivity contribution in [2.45, 2.75) is 540 Å². The number of H-pyrrole nitrogens is 1. The molecule has 1 fully saturated rings. The fourth-order valence-corrected chi connectivity index (χ4v) is 12.6. The molecule has 0 bridgehead atoms. The Bertz CT molecular complexity index is 3220. The van der Waals surface area contributed by atoms with Crippen molar-refractivity contribution in [1.82, 2.24) is 9.97 Å². The molecule has 7 N–H and O–H groups in total. The third kappa shape index (κ3) is 175. The number of nitrogens with two attached hydrogens (primary N) is 2. The van der Waals surface area contributed by atoms with Crippen molar-refractivity contribution in [3.63, 3.8) is 0 Å². The Kier molecular flexibility index (Phi) is 136. The van der Waals surface area contributed by atoms with E-state index in [1.807, 2.05) is 78.6 Å². The van der Waals surface area contributed by atoms with Crippen LogP contribution in [0, 0.1) is 136 Å². The van der Waals surface area contributed by atoms with Gasteiger partial charge < -0.3 is 41.0 Å². The van der Waals surface area contributed by atoms with Gasteiger partial charge in [0.05, 0.1) is 18.3 Å². The number of carbonyl (C=O) groups is 4. The topological polar surface area (TPSA) is 202 Å². The number of allylic oxidation sites excluding steroid dienone is 2. The van der Waals surface area contributed by atoms with E-state index in [1.54, 1.807) is 51.7 Å². The number of hydrogen-bond donors (Lipinski definition) is 5. The van der Waals surface area contributed by atoms with Crippen LogP contribution in [0.1, 0.15) is 536 Å². The summed E-state index contributed by atoms with van der Waals surface area (Å²) in [5, 5.41) is 17.6. The summed E-state index contributed by atoms with van der Waals surface area (Å²) in [4.78, 5) is 52.1. The van der Waals surface area contributed by atoms with Crippen LogP contribution < -0.4 is 11.5 Å². The number of hydrogen-bond acceptors (Lipinski definition) is 9. The molecule has 868 valence electrons. The molecule has 4 aromatic rings.